The second-order valence-corrected chi connectivity index (χ2v) is 5.45. The number of aromatic amines is 1. The van der Waals surface area contributed by atoms with E-state index in [0.29, 0.717) is 17.2 Å². The molecule has 0 spiro atoms. The molecular formula is C16H17N5O2. The third-order valence-electron chi connectivity index (χ3n) is 3.11. The van der Waals surface area contributed by atoms with Gasteiger partial charge in [-0.15, -0.1) is 0 Å². The average molecular weight is 311 g/mol. The number of imidazole rings is 1. The maximum atomic E-state index is 11.6. The molecule has 0 bridgehead atoms. The molecule has 3 aromatic heterocycles. The highest BCUT2D eigenvalue weighted by Crippen LogP contribution is 2.21. The third-order valence-corrected chi connectivity index (χ3v) is 3.11. The van der Waals surface area contributed by atoms with Gasteiger partial charge in [0, 0.05) is 17.5 Å². The van der Waals surface area contributed by atoms with E-state index in [1.807, 2.05) is 19.1 Å². The van der Waals surface area contributed by atoms with Gasteiger partial charge in [0.15, 0.2) is 5.65 Å². The summed E-state index contributed by atoms with van der Waals surface area (Å²) in [7, 11) is 0. The van der Waals surface area contributed by atoms with Crippen molar-refractivity contribution in [3.05, 3.63) is 36.3 Å². The number of ether oxygens (including phenoxy) is 1. The van der Waals surface area contributed by atoms with Crippen LogP contribution in [-0.4, -0.2) is 32.1 Å². The Morgan fingerprint density at radius 2 is 2.09 bits per heavy atom. The number of anilines is 1. The van der Waals surface area contributed by atoms with Gasteiger partial charge in [-0.1, -0.05) is 0 Å². The van der Waals surface area contributed by atoms with Gasteiger partial charge in [-0.3, -0.25) is 10.3 Å². The van der Waals surface area contributed by atoms with Gasteiger partial charge in [0.2, 0.25) is 0 Å². The number of aromatic nitrogens is 4. The van der Waals surface area contributed by atoms with Crippen molar-refractivity contribution >= 4 is 22.9 Å². The molecule has 3 heterocycles. The lowest BCUT2D eigenvalue weighted by Gasteiger charge is -2.08. The predicted molar refractivity (Wildman–Crippen MR) is 87.1 cm³/mol. The topological polar surface area (TPSA) is 92.8 Å². The van der Waals surface area contributed by atoms with Crippen molar-refractivity contribution in [1.29, 1.82) is 0 Å². The zero-order chi connectivity index (χ0) is 16.4. The first kappa shape index (κ1) is 15.0. The van der Waals surface area contributed by atoms with E-state index >= 15 is 0 Å². The highest BCUT2D eigenvalue weighted by atomic mass is 16.6. The van der Waals surface area contributed by atoms with Gasteiger partial charge < -0.3 is 9.72 Å². The lowest BCUT2D eigenvalue weighted by atomic mass is 10.2. The van der Waals surface area contributed by atoms with Crippen molar-refractivity contribution in [1.82, 2.24) is 19.9 Å². The van der Waals surface area contributed by atoms with Gasteiger partial charge in [0.1, 0.15) is 5.82 Å². The van der Waals surface area contributed by atoms with E-state index in [9.17, 15) is 4.79 Å². The first-order valence-electron chi connectivity index (χ1n) is 7.27. The van der Waals surface area contributed by atoms with Gasteiger partial charge in [0.25, 0.3) is 0 Å². The van der Waals surface area contributed by atoms with Crippen LogP contribution in [0.15, 0.2) is 30.6 Å². The maximum Gasteiger partial charge on any atom is 0.411 e. The largest absolute Gasteiger partial charge is 0.447 e. The van der Waals surface area contributed by atoms with Crippen molar-refractivity contribution in [2.24, 2.45) is 0 Å². The number of hydrogen-bond donors (Lipinski definition) is 2. The van der Waals surface area contributed by atoms with E-state index < -0.39 is 6.09 Å². The van der Waals surface area contributed by atoms with Crippen LogP contribution in [0.1, 0.15) is 19.5 Å². The number of carbonyl (C=O) groups excluding carboxylic acids is 1. The number of nitrogens with one attached hydrogen (secondary N) is 2. The molecule has 0 aliphatic carbocycles. The molecule has 0 aliphatic rings. The van der Waals surface area contributed by atoms with Gasteiger partial charge in [-0.05, 0) is 39.0 Å². The van der Waals surface area contributed by atoms with Crippen molar-refractivity contribution in [2.75, 3.05) is 5.32 Å². The summed E-state index contributed by atoms with van der Waals surface area (Å²) in [6.07, 6.45) is 2.61. The molecule has 0 saturated heterocycles. The Labute approximate surface area is 133 Å². The summed E-state index contributed by atoms with van der Waals surface area (Å²) in [6, 6.07) is 5.63. The fourth-order valence-corrected chi connectivity index (χ4v) is 2.07. The SMILES string of the molecule is Cc1ccc(-c2nc3ncc(NC(=O)OC(C)C)cc3[nH]2)cn1. The second kappa shape index (κ2) is 6.04. The number of rotatable bonds is 3. The van der Waals surface area contributed by atoms with Crippen LogP contribution in [0.3, 0.4) is 0 Å². The van der Waals surface area contributed by atoms with Crippen LogP contribution in [0.5, 0.6) is 0 Å². The van der Waals surface area contributed by atoms with Crippen LogP contribution in [0, 0.1) is 6.92 Å². The quantitative estimate of drug-likeness (QED) is 0.774. The Kier molecular flexibility index (Phi) is 3.92. The molecule has 3 aromatic rings. The summed E-state index contributed by atoms with van der Waals surface area (Å²) in [5.74, 6) is 0.682. The van der Waals surface area contributed by atoms with Crippen LogP contribution in [0.4, 0.5) is 10.5 Å². The number of carbonyl (C=O) groups is 1. The summed E-state index contributed by atoms with van der Waals surface area (Å²) in [5.41, 5.74) is 3.66. The smallest absolute Gasteiger partial charge is 0.411 e. The van der Waals surface area contributed by atoms with E-state index in [1.54, 1.807) is 32.3 Å². The molecule has 0 aliphatic heterocycles. The molecule has 0 atom stereocenters. The Balaban J connectivity index is 1.86. The molecular weight excluding hydrogens is 294 g/mol. The average Bonchev–Trinajstić information content (AvgIpc) is 2.90. The minimum atomic E-state index is -0.511. The van der Waals surface area contributed by atoms with Gasteiger partial charge in [0.05, 0.1) is 23.5 Å². The van der Waals surface area contributed by atoms with Crippen LogP contribution in [0.25, 0.3) is 22.6 Å². The zero-order valence-corrected chi connectivity index (χ0v) is 13.1. The van der Waals surface area contributed by atoms with Gasteiger partial charge in [-0.2, -0.15) is 0 Å². The Bertz CT molecular complexity index is 839. The second-order valence-electron chi connectivity index (χ2n) is 5.45. The molecule has 2 N–H and O–H groups in total. The number of fused-ring (bicyclic) bond motifs is 1. The molecule has 0 fully saturated rings. The van der Waals surface area contributed by atoms with Gasteiger partial charge in [-0.25, -0.2) is 14.8 Å². The van der Waals surface area contributed by atoms with Crippen molar-refractivity contribution in [3.63, 3.8) is 0 Å². The number of aryl methyl sites for hydroxylation is 1. The molecule has 118 valence electrons. The summed E-state index contributed by atoms with van der Waals surface area (Å²) in [4.78, 5) is 27.7. The molecule has 1 amide bonds. The fraction of sp³-hybridized carbons (Fsp3) is 0.250. The summed E-state index contributed by atoms with van der Waals surface area (Å²) in [5, 5.41) is 2.64. The molecule has 7 nitrogen and oxygen atoms in total. The summed E-state index contributed by atoms with van der Waals surface area (Å²) in [6.45, 7) is 5.51. The first-order chi connectivity index (χ1) is 11.0. The normalized spacial score (nSPS) is 11.0. The molecule has 7 heteroatoms. The maximum absolute atomic E-state index is 11.6. The van der Waals surface area contributed by atoms with Crippen molar-refractivity contribution in [3.8, 4) is 11.4 Å². The van der Waals surface area contributed by atoms with Crippen LogP contribution >= 0.6 is 0 Å². The Morgan fingerprint density at radius 1 is 1.26 bits per heavy atom. The zero-order valence-electron chi connectivity index (χ0n) is 13.1. The van der Waals surface area contributed by atoms with Gasteiger partial charge >= 0.3 is 6.09 Å². The number of amides is 1. The fourth-order valence-electron chi connectivity index (χ4n) is 2.07. The van der Waals surface area contributed by atoms with E-state index in [-0.39, 0.29) is 6.10 Å². The number of pyridine rings is 2. The number of nitrogens with zero attached hydrogens (tertiary/aromatic N) is 3. The predicted octanol–water partition coefficient (Wildman–Crippen LogP) is 3.29. The summed E-state index contributed by atoms with van der Waals surface area (Å²) < 4.78 is 5.04. The number of hydrogen-bond acceptors (Lipinski definition) is 5. The summed E-state index contributed by atoms with van der Waals surface area (Å²) >= 11 is 0. The Hall–Kier alpha value is -2.96. The molecule has 0 unspecified atom stereocenters. The molecule has 0 aromatic carbocycles. The Morgan fingerprint density at radius 3 is 2.78 bits per heavy atom. The number of H-pyrrole nitrogens is 1. The van der Waals surface area contributed by atoms with E-state index in [1.165, 1.54) is 0 Å². The molecule has 0 radical (unpaired) electrons. The highest BCUT2D eigenvalue weighted by molar-refractivity contribution is 5.87. The lowest BCUT2D eigenvalue weighted by Crippen LogP contribution is -2.18. The van der Waals surface area contributed by atoms with Crippen LogP contribution < -0.4 is 5.32 Å². The van der Waals surface area contributed by atoms with E-state index in [2.05, 4.69) is 25.3 Å². The van der Waals surface area contributed by atoms with Crippen LogP contribution in [0.2, 0.25) is 0 Å². The molecule has 0 saturated carbocycles. The van der Waals surface area contributed by atoms with E-state index in [4.69, 9.17) is 4.74 Å². The minimum Gasteiger partial charge on any atom is -0.447 e. The highest BCUT2D eigenvalue weighted by Gasteiger charge is 2.10. The monoisotopic (exact) mass is 311 g/mol. The molecule has 3 rings (SSSR count). The first-order valence-corrected chi connectivity index (χ1v) is 7.27. The van der Waals surface area contributed by atoms with E-state index in [0.717, 1.165) is 16.8 Å². The van der Waals surface area contributed by atoms with Crippen molar-refractivity contribution < 1.29 is 9.53 Å². The van der Waals surface area contributed by atoms with Crippen LogP contribution in [-0.2, 0) is 4.74 Å². The third kappa shape index (κ3) is 3.45. The lowest BCUT2D eigenvalue weighted by molar-refractivity contribution is 0.130. The van der Waals surface area contributed by atoms with Crippen molar-refractivity contribution in [2.45, 2.75) is 26.9 Å². The molecule has 23 heavy (non-hydrogen) atoms. The standard InChI is InChI=1S/C16H17N5O2/c1-9(2)23-16(22)19-12-6-13-15(18-8-12)21-14(20-13)11-5-4-10(3)17-7-11/h4-9H,1-3H3,(H,19,22)(H,18,20,21). The minimum absolute atomic E-state index is 0.181.